The van der Waals surface area contributed by atoms with Gasteiger partial charge in [-0.15, -0.1) is 0 Å². The molecule has 0 bridgehead atoms. The monoisotopic (exact) mass is 415 g/mol. The Balaban J connectivity index is 1.30. The van der Waals surface area contributed by atoms with E-state index >= 15 is 0 Å². The number of carbonyl (C=O) groups is 2. The van der Waals surface area contributed by atoms with Crippen molar-refractivity contribution in [2.45, 2.75) is 51.0 Å². The summed E-state index contributed by atoms with van der Waals surface area (Å²) in [6, 6.07) is 14.2. The predicted molar refractivity (Wildman–Crippen MR) is 123 cm³/mol. The number of benzene rings is 2. The minimum atomic E-state index is 0.0338. The van der Waals surface area contributed by atoms with Crippen molar-refractivity contribution in [3.05, 3.63) is 54.2 Å². The number of likely N-dealkylation sites (tertiary alicyclic amines) is 1. The number of hydrogen-bond acceptors (Lipinski definition) is 3. The Kier molecular flexibility index (Phi) is 5.58. The number of carbonyl (C=O) groups excluding carboxylic acids is 2. The Morgan fingerprint density at radius 1 is 0.903 bits per heavy atom. The Bertz CT molecular complexity index is 1110. The maximum absolute atomic E-state index is 13.4. The molecule has 2 amide bonds. The highest BCUT2D eigenvalue weighted by Crippen LogP contribution is 2.29. The van der Waals surface area contributed by atoms with E-state index in [-0.39, 0.29) is 23.8 Å². The van der Waals surface area contributed by atoms with Crippen LogP contribution in [0.3, 0.4) is 0 Å². The van der Waals surface area contributed by atoms with Gasteiger partial charge in [0.1, 0.15) is 0 Å². The number of pyridine rings is 1. The summed E-state index contributed by atoms with van der Waals surface area (Å²) < 4.78 is 0. The Morgan fingerprint density at radius 2 is 1.65 bits per heavy atom. The van der Waals surface area contributed by atoms with Gasteiger partial charge < -0.3 is 10.2 Å². The first-order valence-electron chi connectivity index (χ1n) is 11.6. The number of piperidine rings is 1. The van der Waals surface area contributed by atoms with E-state index < -0.39 is 0 Å². The van der Waals surface area contributed by atoms with Crippen LogP contribution in [-0.4, -0.2) is 40.8 Å². The highest BCUT2D eigenvalue weighted by molar-refractivity contribution is 6.15. The molecule has 3 aromatic rings. The van der Waals surface area contributed by atoms with Gasteiger partial charge in [-0.3, -0.25) is 14.6 Å². The molecule has 1 aliphatic heterocycles. The normalized spacial score (nSPS) is 18.4. The molecule has 1 saturated carbocycles. The van der Waals surface area contributed by atoms with Crippen molar-refractivity contribution in [2.24, 2.45) is 5.92 Å². The molecule has 5 rings (SSSR count). The maximum atomic E-state index is 13.4. The zero-order valence-electron chi connectivity index (χ0n) is 17.8. The first-order valence-corrected chi connectivity index (χ1v) is 11.6. The Morgan fingerprint density at radius 3 is 2.45 bits per heavy atom. The predicted octanol–water partition coefficient (Wildman–Crippen LogP) is 4.69. The van der Waals surface area contributed by atoms with Gasteiger partial charge in [0, 0.05) is 36.6 Å². The Labute approximate surface area is 182 Å². The molecule has 1 N–H and O–H groups in total. The van der Waals surface area contributed by atoms with Crippen molar-refractivity contribution in [3.63, 3.8) is 0 Å². The smallest absolute Gasteiger partial charge is 0.256 e. The van der Waals surface area contributed by atoms with Crippen molar-refractivity contribution >= 4 is 33.5 Å². The molecule has 2 fully saturated rings. The van der Waals surface area contributed by atoms with Gasteiger partial charge in [0.05, 0.1) is 11.1 Å². The van der Waals surface area contributed by atoms with Crippen molar-refractivity contribution in [1.82, 2.24) is 15.2 Å². The first kappa shape index (κ1) is 20.0. The second kappa shape index (κ2) is 8.66. The molecule has 1 aromatic heterocycles. The van der Waals surface area contributed by atoms with Gasteiger partial charge in [-0.2, -0.15) is 0 Å². The summed E-state index contributed by atoms with van der Waals surface area (Å²) in [6.45, 7) is 1.32. The zero-order valence-corrected chi connectivity index (χ0v) is 17.8. The highest BCUT2D eigenvalue weighted by atomic mass is 16.2. The lowest BCUT2D eigenvalue weighted by Gasteiger charge is -2.33. The SMILES string of the molecule is O=C(NC1CCN(C(=O)c2cc3ccccc3c3cccnc23)CC1)C1CCCCC1. The highest BCUT2D eigenvalue weighted by Gasteiger charge is 2.28. The molecular formula is C26H29N3O2. The molecule has 5 nitrogen and oxygen atoms in total. The van der Waals surface area contributed by atoms with Gasteiger partial charge in [-0.1, -0.05) is 49.6 Å². The van der Waals surface area contributed by atoms with E-state index in [1.54, 1.807) is 6.20 Å². The average Bonchev–Trinajstić information content (AvgIpc) is 2.84. The third-order valence-electron chi connectivity index (χ3n) is 6.95. The summed E-state index contributed by atoms with van der Waals surface area (Å²) in [4.78, 5) is 32.5. The molecule has 0 atom stereocenters. The van der Waals surface area contributed by atoms with Gasteiger partial charge in [0.2, 0.25) is 5.91 Å². The van der Waals surface area contributed by atoms with Gasteiger partial charge in [-0.05, 0) is 48.6 Å². The molecule has 5 heteroatoms. The van der Waals surface area contributed by atoms with Crippen LogP contribution in [0.15, 0.2) is 48.7 Å². The van der Waals surface area contributed by atoms with E-state index in [0.717, 1.165) is 47.4 Å². The number of aromatic nitrogens is 1. The lowest BCUT2D eigenvalue weighted by Crippen LogP contribution is -2.48. The fourth-order valence-corrected chi connectivity index (χ4v) is 5.17. The molecule has 0 unspecified atom stereocenters. The van der Waals surface area contributed by atoms with Gasteiger partial charge >= 0.3 is 0 Å². The third kappa shape index (κ3) is 4.01. The molecule has 2 heterocycles. The average molecular weight is 416 g/mol. The number of nitrogens with one attached hydrogen (secondary N) is 1. The van der Waals surface area contributed by atoms with Crippen LogP contribution >= 0.6 is 0 Å². The molecule has 1 aliphatic carbocycles. The van der Waals surface area contributed by atoms with Gasteiger partial charge in [-0.25, -0.2) is 0 Å². The fourth-order valence-electron chi connectivity index (χ4n) is 5.17. The van der Waals surface area contributed by atoms with Crippen LogP contribution in [0.1, 0.15) is 55.3 Å². The standard InChI is InChI=1S/C26H29N3O2/c30-25(18-7-2-1-3-8-18)28-20-12-15-29(16-13-20)26(31)23-17-19-9-4-5-10-21(19)22-11-6-14-27-24(22)23/h4-6,9-11,14,17-18,20H,1-3,7-8,12-13,15-16H2,(H,28,30). The lowest BCUT2D eigenvalue weighted by molar-refractivity contribution is -0.126. The summed E-state index contributed by atoms with van der Waals surface area (Å²) in [5, 5.41) is 6.44. The van der Waals surface area contributed by atoms with Crippen LogP contribution in [-0.2, 0) is 4.79 Å². The van der Waals surface area contributed by atoms with Crippen molar-refractivity contribution in [1.29, 1.82) is 0 Å². The van der Waals surface area contributed by atoms with E-state index in [4.69, 9.17) is 0 Å². The zero-order chi connectivity index (χ0) is 21.2. The quantitative estimate of drug-likeness (QED) is 0.631. The lowest BCUT2D eigenvalue weighted by atomic mass is 9.88. The molecule has 0 radical (unpaired) electrons. The summed E-state index contributed by atoms with van der Waals surface area (Å²) in [7, 11) is 0. The fraction of sp³-hybridized carbons (Fsp3) is 0.423. The molecule has 2 aromatic carbocycles. The summed E-state index contributed by atoms with van der Waals surface area (Å²) in [5.41, 5.74) is 1.43. The molecular weight excluding hydrogens is 386 g/mol. The maximum Gasteiger partial charge on any atom is 0.256 e. The minimum absolute atomic E-state index is 0.0338. The molecule has 0 spiro atoms. The number of amides is 2. The number of fused-ring (bicyclic) bond motifs is 3. The molecule has 160 valence electrons. The Hall–Kier alpha value is -2.95. The van der Waals surface area contributed by atoms with Crippen LogP contribution in [0.2, 0.25) is 0 Å². The molecule has 1 saturated heterocycles. The van der Waals surface area contributed by atoms with Gasteiger partial charge in [0.25, 0.3) is 5.91 Å². The third-order valence-corrected chi connectivity index (χ3v) is 6.95. The summed E-state index contributed by atoms with van der Waals surface area (Å²) in [6.07, 6.45) is 8.99. The second-order valence-corrected chi connectivity index (χ2v) is 8.95. The van der Waals surface area contributed by atoms with Crippen LogP contribution in [0.5, 0.6) is 0 Å². The largest absolute Gasteiger partial charge is 0.353 e. The van der Waals surface area contributed by atoms with E-state index in [1.807, 2.05) is 41.3 Å². The van der Waals surface area contributed by atoms with Crippen LogP contribution in [0.25, 0.3) is 21.7 Å². The second-order valence-electron chi connectivity index (χ2n) is 8.95. The van der Waals surface area contributed by atoms with E-state index in [9.17, 15) is 9.59 Å². The van der Waals surface area contributed by atoms with Crippen LogP contribution in [0, 0.1) is 5.92 Å². The van der Waals surface area contributed by atoms with Gasteiger partial charge in [0.15, 0.2) is 0 Å². The topological polar surface area (TPSA) is 62.3 Å². The number of nitrogens with zero attached hydrogens (tertiary/aromatic N) is 2. The van der Waals surface area contributed by atoms with E-state index in [1.165, 1.54) is 19.3 Å². The number of hydrogen-bond donors (Lipinski definition) is 1. The molecule has 31 heavy (non-hydrogen) atoms. The summed E-state index contributed by atoms with van der Waals surface area (Å²) >= 11 is 0. The summed E-state index contributed by atoms with van der Waals surface area (Å²) in [5.74, 6) is 0.434. The van der Waals surface area contributed by atoms with Crippen LogP contribution in [0.4, 0.5) is 0 Å². The minimum Gasteiger partial charge on any atom is -0.353 e. The van der Waals surface area contributed by atoms with Crippen molar-refractivity contribution in [3.8, 4) is 0 Å². The van der Waals surface area contributed by atoms with Crippen molar-refractivity contribution < 1.29 is 9.59 Å². The van der Waals surface area contributed by atoms with Crippen LogP contribution < -0.4 is 5.32 Å². The number of rotatable bonds is 3. The first-order chi connectivity index (χ1) is 15.2. The van der Waals surface area contributed by atoms with E-state index in [2.05, 4.69) is 16.4 Å². The molecule has 2 aliphatic rings. The van der Waals surface area contributed by atoms with Crippen molar-refractivity contribution in [2.75, 3.05) is 13.1 Å². The van der Waals surface area contributed by atoms with E-state index in [0.29, 0.717) is 18.7 Å².